The Morgan fingerprint density at radius 3 is 1.62 bits per heavy atom. The van der Waals surface area contributed by atoms with Crippen LogP contribution >= 0.6 is 31.9 Å². The molecule has 0 N–H and O–H groups in total. The third-order valence-corrected chi connectivity index (χ3v) is 5.65. The summed E-state index contributed by atoms with van der Waals surface area (Å²) in [6.45, 7) is 0. The van der Waals surface area contributed by atoms with Gasteiger partial charge in [-0.3, -0.25) is 0 Å². The first-order valence-corrected chi connectivity index (χ1v) is 6.51. The van der Waals surface area contributed by atoms with Crippen LogP contribution in [0.15, 0.2) is 0 Å². The van der Waals surface area contributed by atoms with Crippen LogP contribution in [0.5, 0.6) is 0 Å². The minimum Gasteiger partial charge on any atom is -0.226 e. The molecule has 1 fully saturated rings. The summed E-state index contributed by atoms with van der Waals surface area (Å²) >= 11 is 4.14. The van der Waals surface area contributed by atoms with E-state index in [9.17, 15) is 22.0 Å². The van der Waals surface area contributed by atoms with Crippen molar-refractivity contribution in [3.63, 3.8) is 0 Å². The average Bonchev–Trinajstić information content (AvgIpc) is 2.17. The van der Waals surface area contributed by atoms with Gasteiger partial charge in [-0.25, -0.2) is 8.78 Å². The minimum atomic E-state index is -5.29. The van der Waals surface area contributed by atoms with Crippen LogP contribution in [0.1, 0.15) is 32.1 Å². The van der Waals surface area contributed by atoms with E-state index in [1.54, 1.807) is 0 Å². The number of alkyl halides is 7. The summed E-state index contributed by atoms with van der Waals surface area (Å²) in [6, 6.07) is 0. The molecule has 0 aromatic carbocycles. The minimum absolute atomic E-state index is 0.259. The molecule has 0 aromatic heterocycles. The molecule has 0 amide bonds. The topological polar surface area (TPSA) is 0 Å². The predicted octanol–water partition coefficient (Wildman–Crippen LogP) is 5.25. The van der Waals surface area contributed by atoms with E-state index in [2.05, 4.69) is 15.9 Å². The molecule has 0 spiro atoms. The van der Waals surface area contributed by atoms with Gasteiger partial charge in [-0.05, 0) is 44.7 Å². The molecule has 96 valence electrons. The quantitative estimate of drug-likeness (QED) is 0.458. The summed E-state index contributed by atoms with van der Waals surface area (Å²) in [6.07, 6.45) is -2.66. The summed E-state index contributed by atoms with van der Waals surface area (Å²) in [7, 11) is 0. The van der Waals surface area contributed by atoms with Crippen LogP contribution < -0.4 is 0 Å². The van der Waals surface area contributed by atoms with Crippen molar-refractivity contribution in [1.29, 1.82) is 0 Å². The summed E-state index contributed by atoms with van der Waals surface area (Å²) in [5.41, 5.74) is 0. The van der Waals surface area contributed by atoms with Crippen LogP contribution in [-0.2, 0) is 0 Å². The lowest BCUT2D eigenvalue weighted by atomic mass is 9.84. The van der Waals surface area contributed by atoms with Gasteiger partial charge in [-0.2, -0.15) is 13.2 Å². The van der Waals surface area contributed by atoms with Gasteiger partial charge in [0.2, 0.25) is 4.58 Å². The van der Waals surface area contributed by atoms with Crippen molar-refractivity contribution in [2.75, 3.05) is 0 Å². The summed E-state index contributed by atoms with van der Waals surface area (Å²) in [5.74, 6) is -0.966. The van der Waals surface area contributed by atoms with Crippen LogP contribution in [-0.4, -0.2) is 15.3 Å². The normalized spacial score (nSPS) is 27.2. The molecule has 0 aromatic rings. The molecule has 1 saturated carbocycles. The maximum absolute atomic E-state index is 14.0. The third-order valence-electron chi connectivity index (χ3n) is 2.89. The van der Waals surface area contributed by atoms with E-state index < -0.39 is 21.3 Å². The summed E-state index contributed by atoms with van der Waals surface area (Å²) in [4.78, 5) is 0. The smallest absolute Gasteiger partial charge is 0.226 e. The molecule has 1 rings (SSSR count). The van der Waals surface area contributed by atoms with Crippen LogP contribution in [0.3, 0.4) is 0 Å². The zero-order valence-electron chi connectivity index (χ0n) is 8.26. The largest absolute Gasteiger partial charge is 0.436 e. The highest BCUT2D eigenvalue weighted by Crippen LogP contribution is 2.57. The van der Waals surface area contributed by atoms with E-state index in [0.717, 1.165) is 6.42 Å². The van der Waals surface area contributed by atoms with Gasteiger partial charge < -0.3 is 0 Å². The second kappa shape index (κ2) is 4.71. The summed E-state index contributed by atoms with van der Waals surface area (Å²) < 4.78 is 57.6. The van der Waals surface area contributed by atoms with Crippen molar-refractivity contribution in [2.24, 2.45) is 5.92 Å². The van der Waals surface area contributed by atoms with Gasteiger partial charge in [0.25, 0.3) is 0 Å². The fourth-order valence-electron chi connectivity index (χ4n) is 1.91. The molecule has 2 atom stereocenters. The molecule has 0 heterocycles. The molecule has 16 heavy (non-hydrogen) atoms. The lowest BCUT2D eigenvalue weighted by Gasteiger charge is -2.39. The van der Waals surface area contributed by atoms with Crippen molar-refractivity contribution in [1.82, 2.24) is 0 Å². The van der Waals surface area contributed by atoms with Crippen LogP contribution in [0.25, 0.3) is 0 Å². The molecular weight excluding hydrogens is 363 g/mol. The molecule has 0 nitrogen and oxygen atoms in total. The second-order valence-corrected chi connectivity index (χ2v) is 6.28. The van der Waals surface area contributed by atoms with Crippen LogP contribution in [0, 0.1) is 5.92 Å². The molecule has 0 bridgehead atoms. The van der Waals surface area contributed by atoms with Crippen molar-refractivity contribution in [2.45, 2.75) is 47.4 Å². The molecule has 1 aliphatic rings. The first-order valence-electron chi connectivity index (χ1n) is 4.93. The second-order valence-electron chi connectivity index (χ2n) is 4.03. The Morgan fingerprint density at radius 2 is 1.25 bits per heavy atom. The molecule has 0 aliphatic heterocycles. The van der Waals surface area contributed by atoms with E-state index in [-0.39, 0.29) is 12.8 Å². The van der Waals surface area contributed by atoms with Crippen molar-refractivity contribution < 1.29 is 22.0 Å². The van der Waals surface area contributed by atoms with Gasteiger partial charge in [0.15, 0.2) is 0 Å². The Kier molecular flexibility index (Phi) is 4.31. The highest BCUT2D eigenvalue weighted by molar-refractivity contribution is 9.12. The number of hydrogen-bond acceptors (Lipinski definition) is 0. The summed E-state index contributed by atoms with van der Waals surface area (Å²) in [5, 5.41) is 0. The molecule has 0 radical (unpaired) electrons. The molecule has 0 saturated heterocycles. The van der Waals surface area contributed by atoms with Crippen molar-refractivity contribution in [3.05, 3.63) is 0 Å². The monoisotopic (exact) mass is 372 g/mol. The molecule has 7 heteroatoms. The Hall–Kier alpha value is 0.610. The van der Waals surface area contributed by atoms with Crippen molar-refractivity contribution in [3.8, 4) is 0 Å². The zero-order valence-corrected chi connectivity index (χ0v) is 11.4. The first-order chi connectivity index (χ1) is 7.11. The Balaban J connectivity index is 2.90. The van der Waals surface area contributed by atoms with Crippen LogP contribution in [0.4, 0.5) is 22.0 Å². The lowest BCUT2D eigenvalue weighted by Crippen LogP contribution is -2.53. The van der Waals surface area contributed by atoms with E-state index in [4.69, 9.17) is 0 Å². The number of rotatable bonds is 2. The van der Waals surface area contributed by atoms with Gasteiger partial charge >= 0.3 is 10.8 Å². The van der Waals surface area contributed by atoms with Crippen LogP contribution in [0.2, 0.25) is 0 Å². The Labute approximate surface area is 107 Å². The van der Waals surface area contributed by atoms with E-state index in [1.165, 1.54) is 0 Å². The standard InChI is InChI=1S/C9H11Br2F5/c10-7(12,6-4-2-1-3-5-6)8(11,13)9(14,15)16/h6H,1-5H2. The van der Waals surface area contributed by atoms with E-state index in [0.29, 0.717) is 12.8 Å². The average molecular weight is 374 g/mol. The Bertz CT molecular complexity index is 243. The van der Waals surface area contributed by atoms with Gasteiger partial charge in [0.1, 0.15) is 0 Å². The predicted molar refractivity (Wildman–Crippen MR) is 58.2 cm³/mol. The Morgan fingerprint density at radius 1 is 0.812 bits per heavy atom. The van der Waals surface area contributed by atoms with Crippen molar-refractivity contribution >= 4 is 31.9 Å². The fourth-order valence-corrected chi connectivity index (χ4v) is 2.92. The fraction of sp³-hybridized carbons (Fsp3) is 1.00. The SMILES string of the molecule is FC(F)(F)C(F)(Br)C(F)(Br)C1CCCCC1. The zero-order chi connectivity index (χ0) is 12.6. The highest BCUT2D eigenvalue weighted by Gasteiger charge is 2.69. The first kappa shape index (κ1) is 14.7. The maximum Gasteiger partial charge on any atom is 0.436 e. The van der Waals surface area contributed by atoms with Gasteiger partial charge in [0, 0.05) is 5.92 Å². The molecule has 2 unspecified atom stereocenters. The van der Waals surface area contributed by atoms with Gasteiger partial charge in [0.05, 0.1) is 0 Å². The molecule has 1 aliphatic carbocycles. The number of hydrogen-bond donors (Lipinski definition) is 0. The molecular formula is C9H11Br2F5. The third kappa shape index (κ3) is 2.54. The van der Waals surface area contributed by atoms with E-state index in [1.807, 2.05) is 15.9 Å². The maximum atomic E-state index is 14.0. The van der Waals surface area contributed by atoms with Gasteiger partial charge in [-0.1, -0.05) is 19.3 Å². The van der Waals surface area contributed by atoms with E-state index >= 15 is 0 Å². The highest BCUT2D eigenvalue weighted by atomic mass is 79.9. The van der Waals surface area contributed by atoms with Gasteiger partial charge in [-0.15, -0.1) is 0 Å². The lowest BCUT2D eigenvalue weighted by molar-refractivity contribution is -0.220. The number of halogens is 7.